The molecule has 0 fully saturated rings. The number of para-hydroxylation sites is 1. The van der Waals surface area contributed by atoms with E-state index in [1.165, 1.54) is 30.3 Å². The zero-order valence-electron chi connectivity index (χ0n) is 22.9. The van der Waals surface area contributed by atoms with Crippen LogP contribution in [0.25, 0.3) is 10.9 Å². The maximum Gasteiger partial charge on any atom is 0.311 e. The highest BCUT2D eigenvalue weighted by atomic mass is 35.5. The fourth-order valence-corrected chi connectivity index (χ4v) is 5.25. The van der Waals surface area contributed by atoms with Gasteiger partial charge in [0.25, 0.3) is 5.91 Å². The van der Waals surface area contributed by atoms with Crippen LogP contribution >= 0.6 is 11.6 Å². The predicted molar refractivity (Wildman–Crippen MR) is 155 cm³/mol. The fourth-order valence-electron chi connectivity index (χ4n) is 5.13. The molecule has 0 saturated carbocycles. The van der Waals surface area contributed by atoms with Gasteiger partial charge in [-0.05, 0) is 61.6 Å². The smallest absolute Gasteiger partial charge is 0.311 e. The number of aliphatic carboxylic acids is 2. The van der Waals surface area contributed by atoms with Crippen molar-refractivity contribution in [3.63, 3.8) is 0 Å². The van der Waals surface area contributed by atoms with Gasteiger partial charge in [-0.15, -0.1) is 0 Å². The van der Waals surface area contributed by atoms with E-state index in [9.17, 15) is 29.1 Å². The molecule has 5 N–H and O–H groups in total. The van der Waals surface area contributed by atoms with Gasteiger partial charge in [0.05, 0.1) is 5.41 Å². The van der Waals surface area contributed by atoms with Crippen molar-refractivity contribution >= 4 is 46.3 Å². The first-order chi connectivity index (χ1) is 19.5. The maximum absolute atomic E-state index is 13.9. The molecule has 0 saturated heterocycles. The van der Waals surface area contributed by atoms with Crippen molar-refractivity contribution in [3.05, 3.63) is 81.1 Å². The van der Waals surface area contributed by atoms with Crippen LogP contribution in [-0.4, -0.2) is 51.0 Å². The van der Waals surface area contributed by atoms with Gasteiger partial charge in [0.2, 0.25) is 11.5 Å². The summed E-state index contributed by atoms with van der Waals surface area (Å²) in [6, 6.07) is 12.4. The molecular weight excluding hydrogens is 550 g/mol. The molecule has 10 nitrogen and oxygen atoms in total. The van der Waals surface area contributed by atoms with Gasteiger partial charge in [0.15, 0.2) is 0 Å². The van der Waals surface area contributed by atoms with Gasteiger partial charge in [-0.2, -0.15) is 0 Å². The Bertz CT molecular complexity index is 1460. The van der Waals surface area contributed by atoms with Crippen molar-refractivity contribution in [3.8, 4) is 0 Å². The molecule has 11 heteroatoms. The van der Waals surface area contributed by atoms with E-state index < -0.39 is 41.3 Å². The standard InChI is InChI=1S/C30H34ClN3O7/c1-3-30(4-2,29(40)41)24(10-7-11-26(36)37)34-28(39)23(33-27(38)18-12-14-20(31)15-13-18)16-19-17-25(35)32-22-9-6-5-8-21(19)22/h5-6,8-9,12-15,17,23-24H,3-4,7,10-11,16H2,1-2H3,(H,32,35)(H,33,38)(H,34,39)(H,36,37)(H,40,41). The van der Waals surface area contributed by atoms with Crippen LogP contribution in [0.15, 0.2) is 59.4 Å². The molecule has 0 bridgehead atoms. The normalized spacial score (nSPS) is 12.9. The van der Waals surface area contributed by atoms with Crippen LogP contribution in [0.3, 0.4) is 0 Å². The molecule has 1 aromatic heterocycles. The summed E-state index contributed by atoms with van der Waals surface area (Å²) in [6.07, 6.45) is 0.392. The van der Waals surface area contributed by atoms with Crippen LogP contribution < -0.4 is 16.2 Å². The number of amides is 2. The van der Waals surface area contributed by atoms with Crippen LogP contribution in [0, 0.1) is 5.41 Å². The van der Waals surface area contributed by atoms with E-state index in [1.54, 1.807) is 38.1 Å². The number of benzene rings is 2. The number of carbonyl (C=O) groups excluding carboxylic acids is 2. The zero-order valence-corrected chi connectivity index (χ0v) is 23.7. The molecule has 218 valence electrons. The first-order valence-corrected chi connectivity index (χ1v) is 13.8. The van der Waals surface area contributed by atoms with E-state index in [1.807, 2.05) is 0 Å². The van der Waals surface area contributed by atoms with Crippen molar-refractivity contribution in [2.24, 2.45) is 5.41 Å². The number of pyridine rings is 1. The van der Waals surface area contributed by atoms with Gasteiger partial charge in [-0.1, -0.05) is 43.6 Å². The summed E-state index contributed by atoms with van der Waals surface area (Å²) in [4.78, 5) is 65.8. The number of carbonyl (C=O) groups is 4. The third-order valence-corrected chi connectivity index (χ3v) is 7.80. The van der Waals surface area contributed by atoms with E-state index >= 15 is 0 Å². The number of hydrogen-bond donors (Lipinski definition) is 5. The number of fused-ring (bicyclic) bond motifs is 1. The molecule has 2 aromatic carbocycles. The number of halogens is 1. The molecule has 0 aliphatic carbocycles. The van der Waals surface area contributed by atoms with Gasteiger partial charge in [0.1, 0.15) is 6.04 Å². The quantitative estimate of drug-likeness (QED) is 0.190. The van der Waals surface area contributed by atoms with Crippen LogP contribution in [0.1, 0.15) is 61.9 Å². The van der Waals surface area contributed by atoms with E-state index in [2.05, 4.69) is 15.6 Å². The number of hydrogen-bond acceptors (Lipinski definition) is 5. The summed E-state index contributed by atoms with van der Waals surface area (Å²) in [6.45, 7) is 3.41. The average molecular weight is 584 g/mol. The molecule has 3 rings (SSSR count). The molecule has 0 radical (unpaired) electrons. The van der Waals surface area contributed by atoms with E-state index in [4.69, 9.17) is 16.7 Å². The Hall–Kier alpha value is -4.18. The van der Waals surface area contributed by atoms with E-state index in [0.717, 1.165) is 0 Å². The lowest BCUT2D eigenvalue weighted by Crippen LogP contribution is -2.57. The molecule has 2 atom stereocenters. The maximum atomic E-state index is 13.9. The Morgan fingerprint density at radius 3 is 2.24 bits per heavy atom. The minimum absolute atomic E-state index is 0.0598. The summed E-state index contributed by atoms with van der Waals surface area (Å²) >= 11 is 5.95. The highest BCUT2D eigenvalue weighted by molar-refractivity contribution is 6.30. The minimum Gasteiger partial charge on any atom is -0.481 e. The first kappa shape index (κ1) is 31.3. The summed E-state index contributed by atoms with van der Waals surface area (Å²) in [5.41, 5.74) is -0.404. The van der Waals surface area contributed by atoms with Crippen LogP contribution in [0.2, 0.25) is 5.02 Å². The van der Waals surface area contributed by atoms with Gasteiger partial charge in [-0.25, -0.2) is 0 Å². The van der Waals surface area contributed by atoms with Crippen molar-refractivity contribution in [2.45, 2.75) is 64.5 Å². The third kappa shape index (κ3) is 7.73. The second-order valence-corrected chi connectivity index (χ2v) is 10.4. The highest BCUT2D eigenvalue weighted by Gasteiger charge is 2.44. The molecule has 2 unspecified atom stereocenters. The van der Waals surface area contributed by atoms with Crippen molar-refractivity contribution < 1.29 is 29.4 Å². The minimum atomic E-state index is -1.35. The largest absolute Gasteiger partial charge is 0.481 e. The molecule has 1 heterocycles. The number of nitrogens with one attached hydrogen (secondary N) is 3. The number of H-pyrrole nitrogens is 1. The van der Waals surface area contributed by atoms with Crippen LogP contribution in [-0.2, 0) is 20.8 Å². The Morgan fingerprint density at radius 1 is 0.976 bits per heavy atom. The second kappa shape index (κ2) is 13.9. The van der Waals surface area contributed by atoms with Crippen LogP contribution in [0.4, 0.5) is 0 Å². The number of rotatable bonds is 14. The zero-order chi connectivity index (χ0) is 30.2. The summed E-state index contributed by atoms with van der Waals surface area (Å²) < 4.78 is 0. The van der Waals surface area contributed by atoms with Crippen molar-refractivity contribution in [2.75, 3.05) is 0 Å². The van der Waals surface area contributed by atoms with Gasteiger partial charge < -0.3 is 25.8 Å². The van der Waals surface area contributed by atoms with Crippen LogP contribution in [0.5, 0.6) is 0 Å². The van der Waals surface area contributed by atoms with Gasteiger partial charge >= 0.3 is 11.9 Å². The number of aromatic amines is 1. The lowest BCUT2D eigenvalue weighted by Gasteiger charge is -2.37. The van der Waals surface area contributed by atoms with Gasteiger partial charge in [0, 0.05) is 46.4 Å². The topological polar surface area (TPSA) is 166 Å². The summed E-state index contributed by atoms with van der Waals surface area (Å²) in [5.74, 6) is -3.35. The molecule has 0 aliphatic rings. The molecule has 0 spiro atoms. The monoisotopic (exact) mass is 583 g/mol. The van der Waals surface area contributed by atoms with E-state index in [-0.39, 0.29) is 49.6 Å². The lowest BCUT2D eigenvalue weighted by atomic mass is 9.73. The lowest BCUT2D eigenvalue weighted by molar-refractivity contribution is -0.152. The second-order valence-electron chi connectivity index (χ2n) is 9.96. The van der Waals surface area contributed by atoms with Gasteiger partial charge in [-0.3, -0.25) is 24.0 Å². The van der Waals surface area contributed by atoms with Crippen molar-refractivity contribution in [1.82, 2.24) is 15.6 Å². The van der Waals surface area contributed by atoms with Crippen molar-refractivity contribution in [1.29, 1.82) is 0 Å². The first-order valence-electron chi connectivity index (χ1n) is 13.4. The summed E-state index contributed by atoms with van der Waals surface area (Å²) in [5, 5.41) is 26.0. The molecule has 41 heavy (non-hydrogen) atoms. The Labute approximate surface area is 242 Å². The molecular formula is C30H34ClN3O7. The molecule has 3 aromatic rings. The van der Waals surface area contributed by atoms with E-state index in [0.29, 0.717) is 21.5 Å². The predicted octanol–water partition coefficient (Wildman–Crippen LogP) is 4.15. The summed E-state index contributed by atoms with van der Waals surface area (Å²) in [7, 11) is 0. The Balaban J connectivity index is 2.01. The number of aromatic nitrogens is 1. The average Bonchev–Trinajstić information content (AvgIpc) is 2.93. The number of carboxylic acids is 2. The third-order valence-electron chi connectivity index (χ3n) is 7.54. The Kier molecular flexibility index (Phi) is 10.7. The molecule has 0 aliphatic heterocycles. The fraction of sp³-hybridized carbons (Fsp3) is 0.367. The highest BCUT2D eigenvalue weighted by Crippen LogP contribution is 2.34. The molecule has 2 amide bonds. The number of carboxylic acid groups (broad SMARTS) is 2. The SMILES string of the molecule is CCC(CC)(C(=O)O)C(CCCC(=O)O)NC(=O)C(Cc1cc(=O)[nH]c2ccccc12)NC(=O)c1ccc(Cl)cc1. The Morgan fingerprint density at radius 2 is 1.63 bits per heavy atom.